The Kier molecular flexibility index (Phi) is 4.16. The third-order valence-electron chi connectivity index (χ3n) is 2.62. The Morgan fingerprint density at radius 2 is 1.90 bits per heavy atom. The van der Waals surface area contributed by atoms with Gasteiger partial charge in [-0.2, -0.15) is 0 Å². The SMILES string of the molecule is Cc1cc(Oc2ccc(Cl)c(Cl)c2)c(C(=O)O)c(C)n1. The highest BCUT2D eigenvalue weighted by Crippen LogP contribution is 2.32. The van der Waals surface area contributed by atoms with Crippen LogP contribution in [0.25, 0.3) is 0 Å². The predicted octanol–water partition coefficient (Wildman–Crippen LogP) is 4.50. The van der Waals surface area contributed by atoms with Gasteiger partial charge in [0.2, 0.25) is 0 Å². The van der Waals surface area contributed by atoms with E-state index in [9.17, 15) is 9.90 Å². The summed E-state index contributed by atoms with van der Waals surface area (Å²) >= 11 is 11.7. The van der Waals surface area contributed by atoms with Crippen molar-refractivity contribution in [1.29, 1.82) is 0 Å². The van der Waals surface area contributed by atoms with Crippen LogP contribution in [0.3, 0.4) is 0 Å². The molecular formula is C14H11Cl2NO3. The average molecular weight is 312 g/mol. The first-order valence-corrected chi connectivity index (χ1v) is 6.48. The number of halogens is 2. The summed E-state index contributed by atoms with van der Waals surface area (Å²) in [6, 6.07) is 6.30. The number of rotatable bonds is 3. The minimum atomic E-state index is -1.09. The second-order valence-electron chi connectivity index (χ2n) is 4.21. The first-order valence-electron chi connectivity index (χ1n) is 5.73. The molecule has 0 amide bonds. The molecular weight excluding hydrogens is 301 g/mol. The van der Waals surface area contributed by atoms with Gasteiger partial charge in [0.05, 0.1) is 15.7 Å². The summed E-state index contributed by atoms with van der Waals surface area (Å²) in [5, 5.41) is 9.99. The van der Waals surface area contributed by atoms with Gasteiger partial charge in [-0.1, -0.05) is 23.2 Å². The van der Waals surface area contributed by atoms with Gasteiger partial charge in [-0.25, -0.2) is 4.79 Å². The Balaban J connectivity index is 2.47. The molecule has 104 valence electrons. The maximum Gasteiger partial charge on any atom is 0.341 e. The molecule has 0 unspecified atom stereocenters. The number of carbonyl (C=O) groups is 1. The Morgan fingerprint density at radius 1 is 1.20 bits per heavy atom. The van der Waals surface area contributed by atoms with Crippen molar-refractivity contribution in [2.45, 2.75) is 13.8 Å². The van der Waals surface area contributed by atoms with Crippen LogP contribution in [-0.2, 0) is 0 Å². The number of pyridine rings is 1. The van der Waals surface area contributed by atoms with Crippen molar-refractivity contribution >= 4 is 29.2 Å². The van der Waals surface area contributed by atoms with E-state index in [1.54, 1.807) is 32.0 Å². The molecule has 2 rings (SSSR count). The zero-order chi connectivity index (χ0) is 14.9. The highest BCUT2D eigenvalue weighted by molar-refractivity contribution is 6.42. The van der Waals surface area contributed by atoms with Crippen LogP contribution in [0, 0.1) is 13.8 Å². The highest BCUT2D eigenvalue weighted by Gasteiger charge is 2.17. The van der Waals surface area contributed by atoms with Gasteiger partial charge in [0, 0.05) is 17.8 Å². The monoisotopic (exact) mass is 311 g/mol. The van der Waals surface area contributed by atoms with E-state index in [1.807, 2.05) is 0 Å². The standard InChI is InChI=1S/C14H11Cl2NO3/c1-7-5-12(13(14(18)19)8(2)17-7)20-9-3-4-10(15)11(16)6-9/h3-6H,1-2H3,(H,18,19). The number of carboxylic acid groups (broad SMARTS) is 1. The molecule has 4 nitrogen and oxygen atoms in total. The van der Waals surface area contributed by atoms with Crippen LogP contribution < -0.4 is 4.74 Å². The molecule has 0 aliphatic rings. The molecule has 1 heterocycles. The van der Waals surface area contributed by atoms with Gasteiger partial charge in [0.15, 0.2) is 0 Å². The fraction of sp³-hybridized carbons (Fsp3) is 0.143. The van der Waals surface area contributed by atoms with E-state index in [0.717, 1.165) is 0 Å². The Bertz CT molecular complexity index is 686. The second-order valence-corrected chi connectivity index (χ2v) is 5.02. The van der Waals surface area contributed by atoms with E-state index in [4.69, 9.17) is 27.9 Å². The molecule has 1 N–H and O–H groups in total. The molecule has 0 radical (unpaired) electrons. The van der Waals surface area contributed by atoms with Crippen molar-refractivity contribution in [3.05, 3.63) is 51.3 Å². The highest BCUT2D eigenvalue weighted by atomic mass is 35.5. The molecule has 0 atom stereocenters. The largest absolute Gasteiger partial charge is 0.477 e. The molecule has 6 heteroatoms. The molecule has 0 aliphatic heterocycles. The number of benzene rings is 1. The molecule has 0 spiro atoms. The minimum Gasteiger partial charge on any atom is -0.477 e. The van der Waals surface area contributed by atoms with Gasteiger partial charge in [-0.15, -0.1) is 0 Å². The van der Waals surface area contributed by atoms with Crippen molar-refractivity contribution in [2.24, 2.45) is 0 Å². The minimum absolute atomic E-state index is 0.0293. The van der Waals surface area contributed by atoms with Crippen LogP contribution in [0.2, 0.25) is 10.0 Å². The van der Waals surface area contributed by atoms with Gasteiger partial charge in [0.1, 0.15) is 17.1 Å². The predicted molar refractivity (Wildman–Crippen MR) is 77.2 cm³/mol. The molecule has 2 aromatic rings. The number of carboxylic acids is 1. The van der Waals surface area contributed by atoms with Crippen LogP contribution in [0.1, 0.15) is 21.7 Å². The van der Waals surface area contributed by atoms with Crippen molar-refractivity contribution in [2.75, 3.05) is 0 Å². The topological polar surface area (TPSA) is 59.4 Å². The van der Waals surface area contributed by atoms with Gasteiger partial charge < -0.3 is 9.84 Å². The molecule has 0 saturated carbocycles. The van der Waals surface area contributed by atoms with E-state index >= 15 is 0 Å². The van der Waals surface area contributed by atoms with Gasteiger partial charge in [0.25, 0.3) is 0 Å². The van der Waals surface area contributed by atoms with E-state index in [1.165, 1.54) is 6.07 Å². The number of aryl methyl sites for hydroxylation is 2. The molecule has 20 heavy (non-hydrogen) atoms. The number of ether oxygens (including phenoxy) is 1. The number of hydrogen-bond acceptors (Lipinski definition) is 3. The first-order chi connectivity index (χ1) is 9.38. The molecule has 0 aliphatic carbocycles. The quantitative estimate of drug-likeness (QED) is 0.906. The molecule has 1 aromatic heterocycles. The third-order valence-corrected chi connectivity index (χ3v) is 3.36. The number of nitrogens with zero attached hydrogens (tertiary/aromatic N) is 1. The van der Waals surface area contributed by atoms with E-state index in [2.05, 4.69) is 4.98 Å². The molecule has 0 bridgehead atoms. The van der Waals surface area contributed by atoms with Gasteiger partial charge >= 0.3 is 5.97 Å². The third kappa shape index (κ3) is 3.03. The Labute approximate surface area is 125 Å². The Morgan fingerprint density at radius 3 is 2.50 bits per heavy atom. The van der Waals surface area contributed by atoms with Crippen molar-refractivity contribution in [3.8, 4) is 11.5 Å². The Hall–Kier alpha value is -1.78. The molecule has 1 aromatic carbocycles. The summed E-state index contributed by atoms with van der Waals surface area (Å²) in [6.07, 6.45) is 0. The zero-order valence-electron chi connectivity index (χ0n) is 10.8. The lowest BCUT2D eigenvalue weighted by Gasteiger charge is -2.12. The lowest BCUT2D eigenvalue weighted by atomic mass is 10.1. The fourth-order valence-electron chi connectivity index (χ4n) is 1.80. The second kappa shape index (κ2) is 5.69. The molecule has 0 saturated heterocycles. The summed E-state index contributed by atoms with van der Waals surface area (Å²) in [5.41, 5.74) is 1.09. The smallest absolute Gasteiger partial charge is 0.341 e. The number of aromatic carboxylic acids is 1. The van der Waals surface area contributed by atoms with Crippen molar-refractivity contribution < 1.29 is 14.6 Å². The summed E-state index contributed by atoms with van der Waals surface area (Å²) in [6.45, 7) is 3.39. The summed E-state index contributed by atoms with van der Waals surface area (Å²) in [4.78, 5) is 15.4. The van der Waals surface area contributed by atoms with Crippen LogP contribution in [0.15, 0.2) is 24.3 Å². The lowest BCUT2D eigenvalue weighted by molar-refractivity contribution is 0.0693. The van der Waals surface area contributed by atoms with E-state index in [0.29, 0.717) is 27.2 Å². The number of hydrogen-bond donors (Lipinski definition) is 1. The zero-order valence-corrected chi connectivity index (χ0v) is 12.3. The fourth-order valence-corrected chi connectivity index (χ4v) is 2.09. The van der Waals surface area contributed by atoms with Crippen LogP contribution in [0.5, 0.6) is 11.5 Å². The normalized spacial score (nSPS) is 10.4. The first kappa shape index (κ1) is 14.6. The number of aromatic nitrogens is 1. The van der Waals surface area contributed by atoms with Gasteiger partial charge in [-0.3, -0.25) is 4.98 Å². The van der Waals surface area contributed by atoms with Crippen LogP contribution in [0.4, 0.5) is 0 Å². The van der Waals surface area contributed by atoms with E-state index in [-0.39, 0.29) is 11.3 Å². The molecule has 0 fully saturated rings. The maximum atomic E-state index is 11.3. The summed E-state index contributed by atoms with van der Waals surface area (Å²) < 4.78 is 5.60. The van der Waals surface area contributed by atoms with Crippen molar-refractivity contribution in [1.82, 2.24) is 4.98 Å². The van der Waals surface area contributed by atoms with Crippen molar-refractivity contribution in [3.63, 3.8) is 0 Å². The van der Waals surface area contributed by atoms with Crippen LogP contribution >= 0.6 is 23.2 Å². The maximum absolute atomic E-state index is 11.3. The van der Waals surface area contributed by atoms with E-state index < -0.39 is 5.97 Å². The van der Waals surface area contributed by atoms with Crippen LogP contribution in [-0.4, -0.2) is 16.1 Å². The van der Waals surface area contributed by atoms with Gasteiger partial charge in [-0.05, 0) is 26.0 Å². The lowest BCUT2D eigenvalue weighted by Crippen LogP contribution is -2.06. The average Bonchev–Trinajstić information content (AvgIpc) is 2.32. The summed E-state index contributed by atoms with van der Waals surface area (Å²) in [7, 11) is 0. The summed E-state index contributed by atoms with van der Waals surface area (Å²) in [5.74, 6) is -0.460.